The summed E-state index contributed by atoms with van der Waals surface area (Å²) in [5.41, 5.74) is 2.09. The zero-order valence-electron chi connectivity index (χ0n) is 14.0. The van der Waals surface area contributed by atoms with Crippen LogP contribution in [0.4, 0.5) is 0 Å². The highest BCUT2D eigenvalue weighted by atomic mass is 32.2. The molecule has 2 aromatic heterocycles. The Bertz CT molecular complexity index is 916. The van der Waals surface area contributed by atoms with E-state index in [0.29, 0.717) is 29.8 Å². The Morgan fingerprint density at radius 2 is 1.92 bits per heavy atom. The lowest BCUT2D eigenvalue weighted by molar-refractivity contribution is 0.0603. The average molecular weight is 364 g/mol. The van der Waals surface area contributed by atoms with Gasteiger partial charge >= 0.3 is 5.97 Å². The standard InChI is InChI=1S/C17H20N2O5S/c1-23-17(20)13-10-18-19-14(13)4-5-15(16(19)11-2-3-11)24-12-6-8-25(21,22)9-7-12/h4-5,10-12H,2-3,6-9H2,1H3. The van der Waals surface area contributed by atoms with Crippen molar-refractivity contribution in [2.45, 2.75) is 37.7 Å². The Labute approximate surface area is 145 Å². The van der Waals surface area contributed by atoms with Gasteiger partial charge in [0.2, 0.25) is 0 Å². The molecule has 0 atom stereocenters. The van der Waals surface area contributed by atoms with Gasteiger partial charge in [0.25, 0.3) is 0 Å². The molecule has 0 amide bonds. The predicted molar refractivity (Wildman–Crippen MR) is 90.8 cm³/mol. The summed E-state index contributed by atoms with van der Waals surface area (Å²) in [6.45, 7) is 0. The average Bonchev–Trinajstić information content (AvgIpc) is 3.34. The van der Waals surface area contributed by atoms with Gasteiger partial charge in [-0.05, 0) is 37.8 Å². The van der Waals surface area contributed by atoms with E-state index < -0.39 is 15.8 Å². The summed E-state index contributed by atoms with van der Waals surface area (Å²) in [5, 5.41) is 4.37. The number of ether oxygens (including phenoxy) is 2. The van der Waals surface area contributed by atoms with Crippen LogP contribution in [0, 0.1) is 0 Å². The number of hydrogen-bond acceptors (Lipinski definition) is 6. The van der Waals surface area contributed by atoms with Crippen LogP contribution in [0.3, 0.4) is 0 Å². The van der Waals surface area contributed by atoms with Crippen LogP contribution < -0.4 is 4.74 Å². The van der Waals surface area contributed by atoms with Crippen molar-refractivity contribution in [1.82, 2.24) is 9.61 Å². The van der Waals surface area contributed by atoms with Crippen LogP contribution in [0.25, 0.3) is 5.52 Å². The van der Waals surface area contributed by atoms with Crippen LogP contribution in [-0.4, -0.2) is 48.7 Å². The van der Waals surface area contributed by atoms with Crippen LogP contribution in [0.15, 0.2) is 18.3 Å². The Morgan fingerprint density at radius 1 is 1.20 bits per heavy atom. The Balaban J connectivity index is 1.67. The molecule has 2 fully saturated rings. The maximum absolute atomic E-state index is 11.9. The fraction of sp³-hybridized carbons (Fsp3) is 0.529. The second kappa shape index (κ2) is 6.01. The molecule has 25 heavy (non-hydrogen) atoms. The number of rotatable bonds is 4. The molecule has 134 valence electrons. The first-order valence-electron chi connectivity index (χ1n) is 8.44. The minimum absolute atomic E-state index is 0.103. The third-order valence-corrected chi connectivity index (χ3v) is 6.56. The van der Waals surface area contributed by atoms with Crippen LogP contribution in [0.2, 0.25) is 0 Å². The van der Waals surface area contributed by atoms with E-state index in [4.69, 9.17) is 9.47 Å². The minimum Gasteiger partial charge on any atom is -0.488 e. The molecule has 2 aromatic rings. The Morgan fingerprint density at radius 3 is 2.56 bits per heavy atom. The topological polar surface area (TPSA) is 87.0 Å². The third kappa shape index (κ3) is 3.10. The molecular formula is C17H20N2O5S. The molecule has 0 N–H and O–H groups in total. The second-order valence-electron chi connectivity index (χ2n) is 6.67. The fourth-order valence-corrected chi connectivity index (χ4v) is 4.77. The normalized spacial score (nSPS) is 20.5. The molecule has 0 bridgehead atoms. The van der Waals surface area contributed by atoms with Gasteiger partial charge in [-0.25, -0.2) is 17.7 Å². The molecule has 1 aliphatic heterocycles. The number of carbonyl (C=O) groups is 1. The molecule has 2 aliphatic rings. The van der Waals surface area contributed by atoms with Gasteiger partial charge in [-0.15, -0.1) is 0 Å². The largest absolute Gasteiger partial charge is 0.488 e. The lowest BCUT2D eigenvalue weighted by atomic mass is 10.1. The van der Waals surface area contributed by atoms with Crippen molar-refractivity contribution >= 4 is 21.3 Å². The van der Waals surface area contributed by atoms with E-state index in [9.17, 15) is 13.2 Å². The van der Waals surface area contributed by atoms with Crippen LogP contribution in [-0.2, 0) is 14.6 Å². The summed E-state index contributed by atoms with van der Waals surface area (Å²) in [5.74, 6) is 1.03. The Kier molecular flexibility index (Phi) is 3.94. The van der Waals surface area contributed by atoms with Crippen molar-refractivity contribution in [1.29, 1.82) is 0 Å². The molecule has 0 aromatic carbocycles. The number of methoxy groups -OCH3 is 1. The maximum Gasteiger partial charge on any atom is 0.341 e. The highest BCUT2D eigenvalue weighted by molar-refractivity contribution is 7.91. The van der Waals surface area contributed by atoms with Gasteiger partial charge in [0, 0.05) is 5.92 Å². The predicted octanol–water partition coefficient (Wildman–Crippen LogP) is 1.95. The highest BCUT2D eigenvalue weighted by Crippen LogP contribution is 2.45. The first-order chi connectivity index (χ1) is 12.0. The molecule has 1 saturated carbocycles. The molecule has 3 heterocycles. The summed E-state index contributed by atoms with van der Waals surface area (Å²) in [7, 11) is -1.57. The molecule has 0 radical (unpaired) electrons. The van der Waals surface area contributed by atoms with Gasteiger partial charge in [0.05, 0.1) is 36.0 Å². The van der Waals surface area contributed by atoms with Crippen LogP contribution in [0.5, 0.6) is 5.75 Å². The first kappa shape index (κ1) is 16.4. The van der Waals surface area contributed by atoms with E-state index in [1.54, 1.807) is 10.6 Å². The molecule has 1 saturated heterocycles. The molecule has 8 heteroatoms. The van der Waals surface area contributed by atoms with Crippen molar-refractivity contribution in [2.75, 3.05) is 18.6 Å². The van der Waals surface area contributed by atoms with Gasteiger partial charge < -0.3 is 9.47 Å². The summed E-state index contributed by atoms with van der Waals surface area (Å²) in [6, 6.07) is 3.67. The number of sulfone groups is 1. The van der Waals surface area contributed by atoms with E-state index in [2.05, 4.69) is 5.10 Å². The molecule has 7 nitrogen and oxygen atoms in total. The van der Waals surface area contributed by atoms with E-state index >= 15 is 0 Å². The fourth-order valence-electron chi connectivity index (χ4n) is 3.32. The molecule has 1 aliphatic carbocycles. The lowest BCUT2D eigenvalue weighted by Gasteiger charge is -2.24. The zero-order chi connectivity index (χ0) is 17.6. The number of nitrogens with zero attached hydrogens (tertiary/aromatic N) is 2. The first-order valence-corrected chi connectivity index (χ1v) is 10.3. The van der Waals surface area contributed by atoms with Gasteiger partial charge in [-0.2, -0.15) is 5.10 Å². The van der Waals surface area contributed by atoms with Crippen molar-refractivity contribution in [3.8, 4) is 5.75 Å². The highest BCUT2D eigenvalue weighted by Gasteiger charge is 2.33. The Hall–Kier alpha value is -2.09. The quantitative estimate of drug-likeness (QED) is 0.771. The number of fused-ring (bicyclic) bond motifs is 1. The summed E-state index contributed by atoms with van der Waals surface area (Å²) >= 11 is 0. The van der Waals surface area contributed by atoms with Crippen molar-refractivity contribution < 1.29 is 22.7 Å². The smallest absolute Gasteiger partial charge is 0.341 e. The number of esters is 1. The zero-order valence-corrected chi connectivity index (χ0v) is 14.8. The summed E-state index contributed by atoms with van der Waals surface area (Å²) < 4.78 is 35.9. The molecule has 0 spiro atoms. The molecular weight excluding hydrogens is 344 g/mol. The van der Waals surface area contributed by atoms with E-state index in [-0.39, 0.29) is 17.6 Å². The van der Waals surface area contributed by atoms with E-state index in [1.165, 1.54) is 13.3 Å². The third-order valence-electron chi connectivity index (χ3n) is 4.84. The lowest BCUT2D eigenvalue weighted by Crippen LogP contribution is -2.31. The van der Waals surface area contributed by atoms with Crippen molar-refractivity contribution in [3.63, 3.8) is 0 Å². The SMILES string of the molecule is COC(=O)c1cnn2c(C3CC3)c(OC3CCS(=O)(=O)CC3)ccc12. The summed E-state index contributed by atoms with van der Waals surface area (Å²) in [4.78, 5) is 11.9. The van der Waals surface area contributed by atoms with Gasteiger partial charge in [-0.3, -0.25) is 0 Å². The van der Waals surface area contributed by atoms with Crippen molar-refractivity contribution in [3.05, 3.63) is 29.6 Å². The van der Waals surface area contributed by atoms with Crippen LogP contribution in [0.1, 0.15) is 47.7 Å². The molecule has 4 rings (SSSR count). The second-order valence-corrected chi connectivity index (χ2v) is 8.98. The number of hydrogen-bond donors (Lipinski definition) is 0. The van der Waals surface area contributed by atoms with E-state index in [1.807, 2.05) is 6.07 Å². The van der Waals surface area contributed by atoms with Crippen molar-refractivity contribution in [2.24, 2.45) is 0 Å². The monoisotopic (exact) mass is 364 g/mol. The van der Waals surface area contributed by atoms with Gasteiger partial charge in [0.1, 0.15) is 17.4 Å². The number of carbonyl (C=O) groups excluding carboxylic acids is 1. The van der Waals surface area contributed by atoms with Crippen LogP contribution >= 0.6 is 0 Å². The van der Waals surface area contributed by atoms with Gasteiger partial charge in [0.15, 0.2) is 9.84 Å². The number of aromatic nitrogens is 2. The van der Waals surface area contributed by atoms with Gasteiger partial charge in [-0.1, -0.05) is 0 Å². The molecule has 0 unspecified atom stereocenters. The summed E-state index contributed by atoms with van der Waals surface area (Å²) in [6.07, 6.45) is 4.55. The van der Waals surface area contributed by atoms with E-state index in [0.717, 1.165) is 24.3 Å². The number of pyridine rings is 1. The minimum atomic E-state index is -2.91. The maximum atomic E-state index is 11.9.